The molecule has 1 aliphatic heterocycles. The van der Waals surface area contributed by atoms with Gasteiger partial charge in [-0.1, -0.05) is 18.2 Å². The summed E-state index contributed by atoms with van der Waals surface area (Å²) in [7, 11) is 3.85. The normalized spacial score (nSPS) is 17.3. The van der Waals surface area contributed by atoms with E-state index in [1.54, 1.807) is 60.8 Å². The van der Waals surface area contributed by atoms with Gasteiger partial charge in [0.1, 0.15) is 17.6 Å². The van der Waals surface area contributed by atoms with Gasteiger partial charge in [0.15, 0.2) is 0 Å². The van der Waals surface area contributed by atoms with Crippen LogP contribution in [0, 0.1) is 0 Å². The molecule has 7 heteroatoms. The molecule has 1 unspecified atom stereocenters. The SMILES string of the molecule is CC(C)Oc1cccc(/C(O)=C2/C(=O)C(=O)N(c3ccc(N(C)C)cc3)C2c2ccccn2)c1. The maximum atomic E-state index is 13.2. The first-order chi connectivity index (χ1) is 16.3. The summed E-state index contributed by atoms with van der Waals surface area (Å²) < 4.78 is 5.74. The van der Waals surface area contributed by atoms with E-state index in [-0.39, 0.29) is 17.4 Å². The number of hydrogen-bond donors (Lipinski definition) is 1. The van der Waals surface area contributed by atoms with Crippen LogP contribution in [0.1, 0.15) is 31.1 Å². The van der Waals surface area contributed by atoms with Gasteiger partial charge in [0.05, 0.1) is 17.4 Å². The van der Waals surface area contributed by atoms with Crippen LogP contribution in [-0.2, 0) is 9.59 Å². The molecule has 1 aromatic heterocycles. The van der Waals surface area contributed by atoms with E-state index in [0.717, 1.165) is 5.69 Å². The molecule has 1 atom stereocenters. The zero-order valence-corrected chi connectivity index (χ0v) is 19.6. The molecule has 0 aliphatic carbocycles. The summed E-state index contributed by atoms with van der Waals surface area (Å²) in [5, 5.41) is 11.3. The van der Waals surface area contributed by atoms with E-state index in [0.29, 0.717) is 22.7 Å². The number of carbonyl (C=O) groups is 2. The molecule has 1 saturated heterocycles. The Bertz CT molecular complexity index is 1230. The van der Waals surface area contributed by atoms with Gasteiger partial charge in [0, 0.05) is 37.2 Å². The van der Waals surface area contributed by atoms with Gasteiger partial charge in [-0.25, -0.2) is 0 Å². The summed E-state index contributed by atoms with van der Waals surface area (Å²) in [4.78, 5) is 34.2. The number of aliphatic hydroxyl groups is 1. The second kappa shape index (κ2) is 9.39. The maximum absolute atomic E-state index is 13.2. The topological polar surface area (TPSA) is 83.0 Å². The molecule has 4 rings (SSSR count). The van der Waals surface area contributed by atoms with Gasteiger partial charge in [-0.15, -0.1) is 0 Å². The number of amides is 1. The van der Waals surface area contributed by atoms with Crippen molar-refractivity contribution in [2.24, 2.45) is 0 Å². The highest BCUT2D eigenvalue weighted by molar-refractivity contribution is 6.51. The first-order valence-corrected chi connectivity index (χ1v) is 11.0. The average Bonchev–Trinajstić information content (AvgIpc) is 3.09. The summed E-state index contributed by atoms with van der Waals surface area (Å²) in [5.41, 5.74) is 2.35. The van der Waals surface area contributed by atoms with Crippen LogP contribution in [0.25, 0.3) is 5.76 Å². The smallest absolute Gasteiger partial charge is 0.300 e. The molecule has 3 aromatic rings. The van der Waals surface area contributed by atoms with Gasteiger partial charge < -0.3 is 14.7 Å². The Labute approximate surface area is 198 Å². The highest BCUT2D eigenvalue weighted by Crippen LogP contribution is 2.42. The van der Waals surface area contributed by atoms with Crippen molar-refractivity contribution in [1.82, 2.24) is 4.98 Å². The molecule has 34 heavy (non-hydrogen) atoms. The monoisotopic (exact) mass is 457 g/mol. The van der Waals surface area contributed by atoms with Gasteiger partial charge >= 0.3 is 0 Å². The molecule has 1 N–H and O–H groups in total. The van der Waals surface area contributed by atoms with Crippen molar-refractivity contribution in [2.45, 2.75) is 26.0 Å². The molecule has 7 nitrogen and oxygen atoms in total. The van der Waals surface area contributed by atoms with Gasteiger partial charge in [0.25, 0.3) is 11.7 Å². The molecule has 2 aromatic carbocycles. The third-order valence-electron chi connectivity index (χ3n) is 5.54. The molecular formula is C27H27N3O4. The van der Waals surface area contributed by atoms with Crippen molar-refractivity contribution >= 4 is 28.8 Å². The molecule has 174 valence electrons. The number of aromatic nitrogens is 1. The second-order valence-electron chi connectivity index (χ2n) is 8.53. The standard InChI is InChI=1S/C27H27N3O4/c1-17(2)34-21-9-7-8-18(16-21)25(31)23-24(22-10-5-6-15-28-22)30(27(33)26(23)32)20-13-11-19(12-14-20)29(3)4/h5-17,24,31H,1-4H3/b25-23-. The highest BCUT2D eigenvalue weighted by Gasteiger charge is 2.47. The highest BCUT2D eigenvalue weighted by atomic mass is 16.5. The third-order valence-corrected chi connectivity index (χ3v) is 5.54. The Kier molecular flexibility index (Phi) is 6.36. The van der Waals surface area contributed by atoms with Gasteiger partial charge in [0.2, 0.25) is 0 Å². The van der Waals surface area contributed by atoms with Crippen LogP contribution in [0.3, 0.4) is 0 Å². The molecule has 1 amide bonds. The van der Waals surface area contributed by atoms with E-state index in [1.807, 2.05) is 45.0 Å². The largest absolute Gasteiger partial charge is 0.507 e. The summed E-state index contributed by atoms with van der Waals surface area (Å²) in [5.74, 6) is -1.19. The van der Waals surface area contributed by atoms with E-state index in [9.17, 15) is 14.7 Å². The predicted octanol–water partition coefficient (Wildman–Crippen LogP) is 4.56. The molecule has 1 aliphatic rings. The van der Waals surface area contributed by atoms with E-state index < -0.39 is 17.7 Å². The Balaban J connectivity index is 1.86. The van der Waals surface area contributed by atoms with Crippen LogP contribution in [0.15, 0.2) is 78.5 Å². The minimum absolute atomic E-state index is 0.0120. The molecule has 0 radical (unpaired) electrons. The molecule has 2 heterocycles. The molecule has 0 spiro atoms. The predicted molar refractivity (Wildman–Crippen MR) is 132 cm³/mol. The van der Waals surface area contributed by atoms with Crippen LogP contribution in [-0.4, -0.2) is 42.0 Å². The molecule has 0 saturated carbocycles. The lowest BCUT2D eigenvalue weighted by atomic mass is 9.98. The summed E-state index contributed by atoms with van der Waals surface area (Å²) >= 11 is 0. The van der Waals surface area contributed by atoms with Crippen LogP contribution in [0.4, 0.5) is 11.4 Å². The third kappa shape index (κ3) is 4.37. The first-order valence-electron chi connectivity index (χ1n) is 11.0. The lowest BCUT2D eigenvalue weighted by Gasteiger charge is -2.25. The number of pyridine rings is 1. The minimum atomic E-state index is -0.874. The van der Waals surface area contributed by atoms with Crippen molar-refractivity contribution < 1.29 is 19.4 Å². The number of rotatable bonds is 6. The van der Waals surface area contributed by atoms with Crippen LogP contribution in [0.2, 0.25) is 0 Å². The maximum Gasteiger partial charge on any atom is 0.300 e. The van der Waals surface area contributed by atoms with Crippen molar-refractivity contribution in [3.05, 3.63) is 89.8 Å². The van der Waals surface area contributed by atoms with Crippen LogP contribution in [0.5, 0.6) is 5.75 Å². The lowest BCUT2D eigenvalue weighted by molar-refractivity contribution is -0.132. The first kappa shape index (κ1) is 23.0. The van der Waals surface area contributed by atoms with E-state index in [1.165, 1.54) is 4.90 Å². The minimum Gasteiger partial charge on any atom is -0.507 e. The quantitative estimate of drug-likeness (QED) is 0.332. The Morgan fingerprint density at radius 1 is 1.03 bits per heavy atom. The molecule has 0 bridgehead atoms. The van der Waals surface area contributed by atoms with Gasteiger partial charge in [-0.3, -0.25) is 19.5 Å². The van der Waals surface area contributed by atoms with Crippen molar-refractivity contribution in [3.8, 4) is 5.75 Å². The zero-order valence-electron chi connectivity index (χ0n) is 19.6. The fourth-order valence-corrected chi connectivity index (χ4v) is 3.97. The van der Waals surface area contributed by atoms with Crippen molar-refractivity contribution in [2.75, 3.05) is 23.9 Å². The van der Waals surface area contributed by atoms with Crippen LogP contribution >= 0.6 is 0 Å². The summed E-state index contributed by atoms with van der Waals surface area (Å²) in [6.07, 6.45) is 1.54. The Hall–Kier alpha value is -4.13. The van der Waals surface area contributed by atoms with E-state index in [2.05, 4.69) is 4.98 Å². The number of anilines is 2. The average molecular weight is 458 g/mol. The zero-order chi connectivity index (χ0) is 24.4. The molecule has 1 fully saturated rings. The summed E-state index contributed by atoms with van der Waals surface area (Å²) in [6.45, 7) is 3.81. The number of carbonyl (C=O) groups excluding carboxylic acids is 2. The van der Waals surface area contributed by atoms with Crippen molar-refractivity contribution in [3.63, 3.8) is 0 Å². The van der Waals surface area contributed by atoms with E-state index >= 15 is 0 Å². The van der Waals surface area contributed by atoms with Crippen molar-refractivity contribution in [1.29, 1.82) is 0 Å². The summed E-state index contributed by atoms with van der Waals surface area (Å²) in [6, 6.07) is 18.6. The number of hydrogen-bond acceptors (Lipinski definition) is 6. The van der Waals surface area contributed by atoms with E-state index in [4.69, 9.17) is 4.74 Å². The Morgan fingerprint density at radius 3 is 2.38 bits per heavy atom. The van der Waals surface area contributed by atoms with Gasteiger partial charge in [-0.05, 0) is 62.4 Å². The molecular weight excluding hydrogens is 430 g/mol. The lowest BCUT2D eigenvalue weighted by Crippen LogP contribution is -2.29. The fraction of sp³-hybridized carbons (Fsp3) is 0.222. The second-order valence-corrected chi connectivity index (χ2v) is 8.53. The Morgan fingerprint density at radius 2 is 1.76 bits per heavy atom. The number of ketones is 1. The fourth-order valence-electron chi connectivity index (χ4n) is 3.97. The number of aliphatic hydroxyl groups excluding tert-OH is 1. The number of nitrogens with zero attached hydrogens (tertiary/aromatic N) is 3. The number of ether oxygens (including phenoxy) is 1. The van der Waals surface area contributed by atoms with Crippen LogP contribution < -0.4 is 14.5 Å². The number of benzene rings is 2. The van der Waals surface area contributed by atoms with Gasteiger partial charge in [-0.2, -0.15) is 0 Å². The number of Topliss-reactive ketones (excluding diaryl/α,β-unsaturated/α-hetero) is 1.